The average molecular weight is 455 g/mol. The average Bonchev–Trinajstić information content (AvgIpc) is 2.66. The summed E-state index contributed by atoms with van der Waals surface area (Å²) in [7, 11) is -0.758. The molecule has 0 fully saturated rings. The number of hydrogen-bond donors (Lipinski definition) is 2. The second kappa shape index (κ2) is 11.4. The molecule has 0 spiro atoms. The topological polar surface area (TPSA) is 93.7 Å². The van der Waals surface area contributed by atoms with E-state index in [4.69, 9.17) is 9.16 Å². The van der Waals surface area contributed by atoms with E-state index in [0.717, 1.165) is 0 Å². The van der Waals surface area contributed by atoms with Gasteiger partial charge >= 0.3 is 5.97 Å². The van der Waals surface area contributed by atoms with Crippen LogP contribution in [0, 0.1) is 5.82 Å². The minimum atomic E-state index is -2.01. The van der Waals surface area contributed by atoms with Gasteiger partial charge in [0.05, 0.1) is 7.11 Å². The smallest absolute Gasteiger partial charge is 0.328 e. The largest absolute Gasteiger partial charge is 0.467 e. The van der Waals surface area contributed by atoms with Crippen molar-refractivity contribution in [2.75, 3.05) is 13.7 Å². The molecule has 0 unspecified atom stereocenters. The lowest BCUT2D eigenvalue weighted by molar-refractivity contribution is -0.145. The molecule has 0 saturated heterocycles. The number of ether oxygens (including phenoxy) is 1. The van der Waals surface area contributed by atoms with E-state index in [1.54, 1.807) is 12.1 Å². The van der Waals surface area contributed by atoms with Crippen LogP contribution < -0.4 is 10.6 Å². The maximum Gasteiger partial charge on any atom is 0.328 e. The molecule has 1 aromatic carbocycles. The molecular weight excluding hydrogens is 419 g/mol. The lowest BCUT2D eigenvalue weighted by atomic mass is 10.0. The first-order valence-electron chi connectivity index (χ1n) is 10.3. The lowest BCUT2D eigenvalue weighted by Crippen LogP contribution is -2.53. The maximum absolute atomic E-state index is 13.2. The zero-order chi connectivity index (χ0) is 23.8. The number of halogens is 1. The van der Waals surface area contributed by atoms with Gasteiger partial charge in [-0.1, -0.05) is 32.9 Å². The third-order valence-corrected chi connectivity index (χ3v) is 10.1. The van der Waals surface area contributed by atoms with Crippen LogP contribution in [0.1, 0.15) is 39.7 Å². The van der Waals surface area contributed by atoms with E-state index in [1.165, 1.54) is 26.2 Å². The normalized spacial score (nSPS) is 13.8. The van der Waals surface area contributed by atoms with Crippen molar-refractivity contribution in [1.29, 1.82) is 0 Å². The predicted molar refractivity (Wildman–Crippen MR) is 119 cm³/mol. The van der Waals surface area contributed by atoms with Crippen LogP contribution in [0.2, 0.25) is 18.1 Å². The number of esters is 1. The summed E-state index contributed by atoms with van der Waals surface area (Å²) in [6.07, 6.45) is 0.397. The van der Waals surface area contributed by atoms with Gasteiger partial charge in [0, 0.05) is 26.4 Å². The Morgan fingerprint density at radius 2 is 1.65 bits per heavy atom. The molecule has 0 saturated carbocycles. The van der Waals surface area contributed by atoms with Crippen molar-refractivity contribution < 1.29 is 27.9 Å². The molecule has 31 heavy (non-hydrogen) atoms. The Bertz CT molecular complexity index is 762. The summed E-state index contributed by atoms with van der Waals surface area (Å²) in [5, 5.41) is 5.26. The Balaban J connectivity index is 2.86. The molecule has 9 heteroatoms. The van der Waals surface area contributed by atoms with Crippen LogP contribution >= 0.6 is 0 Å². The number of benzene rings is 1. The number of rotatable bonds is 10. The molecule has 0 aliphatic heterocycles. The summed E-state index contributed by atoms with van der Waals surface area (Å²) in [6.45, 7) is 12.2. The van der Waals surface area contributed by atoms with Gasteiger partial charge in [0.25, 0.3) is 0 Å². The van der Waals surface area contributed by atoms with Gasteiger partial charge in [-0.25, -0.2) is 9.18 Å². The molecule has 0 aliphatic carbocycles. The molecule has 7 nitrogen and oxygen atoms in total. The van der Waals surface area contributed by atoms with E-state index in [9.17, 15) is 18.8 Å². The zero-order valence-corrected chi connectivity index (χ0v) is 20.5. The highest BCUT2D eigenvalue weighted by atomic mass is 28.4. The van der Waals surface area contributed by atoms with E-state index in [2.05, 4.69) is 44.5 Å². The molecule has 1 rings (SSSR count). The maximum atomic E-state index is 13.2. The number of nitrogens with one attached hydrogen (secondary N) is 2. The van der Waals surface area contributed by atoms with Gasteiger partial charge in [-0.05, 0) is 35.8 Å². The van der Waals surface area contributed by atoms with Crippen LogP contribution in [-0.2, 0) is 30.0 Å². The van der Waals surface area contributed by atoms with Gasteiger partial charge < -0.3 is 19.8 Å². The number of carbonyl (C=O) groups excluding carboxylic acids is 3. The minimum Gasteiger partial charge on any atom is -0.467 e. The van der Waals surface area contributed by atoms with Crippen molar-refractivity contribution in [3.05, 3.63) is 35.6 Å². The van der Waals surface area contributed by atoms with Crippen molar-refractivity contribution in [3.8, 4) is 0 Å². The van der Waals surface area contributed by atoms with Crippen molar-refractivity contribution in [3.63, 3.8) is 0 Å². The van der Waals surface area contributed by atoms with E-state index in [0.29, 0.717) is 12.2 Å². The predicted octanol–water partition coefficient (Wildman–Crippen LogP) is 2.94. The third kappa shape index (κ3) is 8.78. The second-order valence-electron chi connectivity index (χ2n) is 9.07. The lowest BCUT2D eigenvalue weighted by Gasteiger charge is -2.36. The van der Waals surface area contributed by atoms with Crippen LogP contribution in [0.15, 0.2) is 24.3 Å². The quantitative estimate of drug-likeness (QED) is 0.419. The Kier molecular flexibility index (Phi) is 9.83. The first-order valence-corrected chi connectivity index (χ1v) is 13.2. The number of methoxy groups -OCH3 is 1. The Morgan fingerprint density at radius 1 is 1.06 bits per heavy atom. The summed E-state index contributed by atoms with van der Waals surface area (Å²) in [4.78, 5) is 36.7. The molecule has 174 valence electrons. The summed E-state index contributed by atoms with van der Waals surface area (Å²) in [6, 6.07) is 3.83. The van der Waals surface area contributed by atoms with Crippen molar-refractivity contribution in [2.24, 2.45) is 0 Å². The van der Waals surface area contributed by atoms with Crippen LogP contribution in [-0.4, -0.2) is 51.9 Å². The molecule has 2 N–H and O–H groups in total. The van der Waals surface area contributed by atoms with Crippen molar-refractivity contribution >= 4 is 26.1 Å². The summed E-state index contributed by atoms with van der Waals surface area (Å²) in [5.74, 6) is -1.90. The van der Waals surface area contributed by atoms with Crippen LogP contribution in [0.25, 0.3) is 0 Å². The van der Waals surface area contributed by atoms with Gasteiger partial charge in [0.15, 0.2) is 8.32 Å². The van der Waals surface area contributed by atoms with Crippen LogP contribution in [0.3, 0.4) is 0 Å². The van der Waals surface area contributed by atoms with Crippen molar-refractivity contribution in [1.82, 2.24) is 10.6 Å². The Hall–Kier alpha value is -2.26. The third-order valence-electron chi connectivity index (χ3n) is 5.52. The van der Waals surface area contributed by atoms with Gasteiger partial charge in [0.1, 0.15) is 17.9 Å². The molecule has 0 radical (unpaired) electrons. The number of carbonyl (C=O) groups is 3. The fourth-order valence-electron chi connectivity index (χ4n) is 2.62. The number of hydrogen-bond acceptors (Lipinski definition) is 5. The first kappa shape index (κ1) is 26.8. The molecule has 0 bridgehead atoms. The van der Waals surface area contributed by atoms with Crippen molar-refractivity contribution in [2.45, 2.75) is 70.8 Å². The van der Waals surface area contributed by atoms with Gasteiger partial charge in [-0.15, -0.1) is 0 Å². The summed E-state index contributed by atoms with van der Waals surface area (Å²) < 4.78 is 24.1. The molecule has 1 aromatic rings. The zero-order valence-electron chi connectivity index (χ0n) is 19.5. The van der Waals surface area contributed by atoms with Gasteiger partial charge in [-0.3, -0.25) is 9.59 Å². The van der Waals surface area contributed by atoms with Gasteiger partial charge in [0.2, 0.25) is 11.8 Å². The molecule has 0 aromatic heterocycles. The summed E-state index contributed by atoms with van der Waals surface area (Å²) in [5.41, 5.74) is 0.672. The monoisotopic (exact) mass is 454 g/mol. The van der Waals surface area contributed by atoms with E-state index < -0.39 is 44.0 Å². The highest BCUT2D eigenvalue weighted by Gasteiger charge is 2.37. The van der Waals surface area contributed by atoms with E-state index >= 15 is 0 Å². The Labute approximate surface area is 185 Å². The highest BCUT2D eigenvalue weighted by molar-refractivity contribution is 6.74. The van der Waals surface area contributed by atoms with Crippen LogP contribution in [0.4, 0.5) is 4.39 Å². The fraction of sp³-hybridized carbons (Fsp3) is 0.591. The highest BCUT2D eigenvalue weighted by Crippen LogP contribution is 2.36. The molecule has 2 amide bonds. The Morgan fingerprint density at radius 3 is 2.13 bits per heavy atom. The first-order chi connectivity index (χ1) is 14.3. The minimum absolute atomic E-state index is 0.0165. The molecular formula is C22H35FN2O5Si. The SMILES string of the molecule is COC(=O)[C@H](CCO[Si](C)(C)C(C)(C)C)NC(=O)[C@H](Cc1ccc(F)cc1)NC(C)=O. The summed E-state index contributed by atoms with van der Waals surface area (Å²) >= 11 is 0. The van der Waals surface area contributed by atoms with Gasteiger partial charge in [-0.2, -0.15) is 0 Å². The molecule has 2 atom stereocenters. The molecule has 0 heterocycles. The number of amides is 2. The fourth-order valence-corrected chi connectivity index (χ4v) is 3.68. The van der Waals surface area contributed by atoms with Crippen LogP contribution in [0.5, 0.6) is 0 Å². The van der Waals surface area contributed by atoms with E-state index in [-0.39, 0.29) is 17.9 Å². The van der Waals surface area contributed by atoms with E-state index in [1.807, 2.05) is 0 Å². The standard InChI is InChI=1S/C22H35FN2O5Si/c1-15(26)24-19(14-16-8-10-17(23)11-9-16)20(27)25-18(21(28)29-5)12-13-30-31(6,7)22(2,3)4/h8-11,18-19H,12-14H2,1-7H3,(H,24,26)(H,25,27)/t18-,19-/m0/s1. The molecule has 0 aliphatic rings. The second-order valence-corrected chi connectivity index (χ2v) is 13.9.